The molecule has 1 fully saturated rings. The lowest BCUT2D eigenvalue weighted by Gasteiger charge is -2.30. The maximum atomic E-state index is 13.8. The van der Waals surface area contributed by atoms with Crippen molar-refractivity contribution in [3.05, 3.63) is 96.1 Å². The van der Waals surface area contributed by atoms with Crippen LogP contribution in [0.25, 0.3) is 0 Å². The minimum atomic E-state index is -1.29. The van der Waals surface area contributed by atoms with Crippen LogP contribution in [-0.4, -0.2) is 60.5 Å². The molecule has 2 heterocycles. The number of ether oxygens (including phenoxy) is 2. The molecule has 5 rings (SSSR count). The molecule has 1 N–H and O–H groups in total. The van der Waals surface area contributed by atoms with Crippen molar-refractivity contribution in [3.63, 3.8) is 0 Å². The summed E-state index contributed by atoms with van der Waals surface area (Å²) in [5.74, 6) is 0.468. The number of carbonyl (C=O) groups excluding carboxylic acids is 3. The van der Waals surface area contributed by atoms with Crippen molar-refractivity contribution in [2.75, 3.05) is 26.7 Å². The smallest absolute Gasteiger partial charge is 0.325 e. The van der Waals surface area contributed by atoms with Gasteiger partial charge >= 0.3 is 6.03 Å². The Hall–Kier alpha value is -4.33. The van der Waals surface area contributed by atoms with E-state index in [0.717, 1.165) is 10.5 Å². The maximum absolute atomic E-state index is 13.8. The number of hydrogen-bond donors (Lipinski definition) is 1. The van der Waals surface area contributed by atoms with Crippen molar-refractivity contribution in [3.8, 4) is 11.5 Å². The zero-order chi connectivity index (χ0) is 25.1. The molecular formula is C28H27N3O5. The van der Waals surface area contributed by atoms with E-state index in [1.807, 2.05) is 84.9 Å². The Labute approximate surface area is 209 Å². The molecular weight excluding hydrogens is 458 g/mol. The molecule has 184 valence electrons. The zero-order valence-electron chi connectivity index (χ0n) is 19.9. The normalized spacial score (nSPS) is 20.7. The summed E-state index contributed by atoms with van der Waals surface area (Å²) in [7, 11) is 1.62. The molecule has 8 nitrogen and oxygen atoms in total. The molecule has 1 saturated heterocycles. The number of imide groups is 1. The van der Waals surface area contributed by atoms with Crippen LogP contribution in [0.2, 0.25) is 0 Å². The highest BCUT2D eigenvalue weighted by Gasteiger charge is 2.52. The molecule has 0 aromatic heterocycles. The second-order valence-electron chi connectivity index (χ2n) is 9.03. The van der Waals surface area contributed by atoms with Crippen molar-refractivity contribution in [1.82, 2.24) is 15.1 Å². The highest BCUT2D eigenvalue weighted by atomic mass is 16.6. The first-order chi connectivity index (χ1) is 17.5. The van der Waals surface area contributed by atoms with Crippen LogP contribution in [0.15, 0.2) is 84.9 Å². The van der Waals surface area contributed by atoms with Gasteiger partial charge in [-0.15, -0.1) is 0 Å². The summed E-state index contributed by atoms with van der Waals surface area (Å²) in [4.78, 5) is 42.3. The predicted molar refractivity (Wildman–Crippen MR) is 133 cm³/mol. The van der Waals surface area contributed by atoms with Crippen LogP contribution in [0.1, 0.15) is 11.1 Å². The molecule has 0 radical (unpaired) electrons. The lowest BCUT2D eigenvalue weighted by atomic mass is 9.83. The van der Waals surface area contributed by atoms with Crippen LogP contribution in [0.4, 0.5) is 4.79 Å². The molecule has 2 atom stereocenters. The lowest BCUT2D eigenvalue weighted by molar-refractivity contribution is -0.139. The average Bonchev–Trinajstić information content (AvgIpc) is 3.14. The van der Waals surface area contributed by atoms with Gasteiger partial charge in [0.2, 0.25) is 5.91 Å². The number of nitrogens with zero attached hydrogens (tertiary/aromatic N) is 2. The Morgan fingerprint density at radius 2 is 1.61 bits per heavy atom. The minimum absolute atomic E-state index is 0.255. The third kappa shape index (κ3) is 4.49. The third-order valence-corrected chi connectivity index (χ3v) is 6.52. The summed E-state index contributed by atoms with van der Waals surface area (Å²) >= 11 is 0. The summed E-state index contributed by atoms with van der Waals surface area (Å²) in [6, 6.07) is 25.4. The molecule has 0 aliphatic carbocycles. The second-order valence-corrected chi connectivity index (χ2v) is 9.03. The summed E-state index contributed by atoms with van der Waals surface area (Å²) in [5.41, 5.74) is 0.278. The van der Waals surface area contributed by atoms with E-state index in [1.54, 1.807) is 7.05 Å². The number of para-hydroxylation sites is 2. The van der Waals surface area contributed by atoms with Gasteiger partial charge in [0.05, 0.1) is 6.54 Å². The monoisotopic (exact) mass is 485 g/mol. The molecule has 2 aliphatic rings. The van der Waals surface area contributed by atoms with Crippen LogP contribution in [0, 0.1) is 0 Å². The van der Waals surface area contributed by atoms with Gasteiger partial charge in [-0.25, -0.2) is 4.79 Å². The van der Waals surface area contributed by atoms with Gasteiger partial charge in [0, 0.05) is 13.5 Å². The van der Waals surface area contributed by atoms with Crippen molar-refractivity contribution in [2.45, 2.75) is 18.1 Å². The number of amides is 4. The quantitative estimate of drug-likeness (QED) is 0.520. The second kappa shape index (κ2) is 9.73. The molecule has 0 spiro atoms. The fraction of sp³-hybridized carbons (Fsp3) is 0.250. The predicted octanol–water partition coefficient (Wildman–Crippen LogP) is 2.97. The Morgan fingerprint density at radius 1 is 0.972 bits per heavy atom. The fourth-order valence-corrected chi connectivity index (χ4v) is 4.63. The number of hydrogen-bond acceptors (Lipinski definition) is 5. The standard InChI is InChI=1S/C28H27N3O5/c1-30(17-22-19-35-23-14-8-9-15-24(23)36-22)25(32)18-31-26(33)28(29-27(31)34,21-12-6-3-7-13-21)16-20-10-4-2-5-11-20/h2-15,22H,16-19H2,1H3,(H,29,34)/t22-,28+/m0/s1. The maximum Gasteiger partial charge on any atom is 0.325 e. The average molecular weight is 486 g/mol. The number of rotatable bonds is 7. The highest BCUT2D eigenvalue weighted by Crippen LogP contribution is 2.33. The van der Waals surface area contributed by atoms with Crippen LogP contribution < -0.4 is 14.8 Å². The largest absolute Gasteiger partial charge is 0.486 e. The van der Waals surface area contributed by atoms with Gasteiger partial charge in [0.25, 0.3) is 5.91 Å². The summed E-state index contributed by atoms with van der Waals surface area (Å²) in [6.07, 6.45) is -0.0891. The van der Waals surface area contributed by atoms with Gasteiger partial charge < -0.3 is 19.7 Å². The van der Waals surface area contributed by atoms with Crippen LogP contribution >= 0.6 is 0 Å². The summed E-state index contributed by atoms with van der Waals surface area (Å²) in [5, 5.41) is 2.89. The SMILES string of the molecule is CN(C[C@H]1COc2ccccc2O1)C(=O)CN1C(=O)N[C@](Cc2ccccc2)(c2ccccc2)C1=O. The number of nitrogens with one attached hydrogen (secondary N) is 1. The highest BCUT2D eigenvalue weighted by molar-refractivity contribution is 6.09. The van der Waals surface area contributed by atoms with Crippen LogP contribution in [-0.2, 0) is 21.5 Å². The molecule has 36 heavy (non-hydrogen) atoms. The van der Waals surface area contributed by atoms with Gasteiger partial charge in [-0.2, -0.15) is 0 Å². The van der Waals surface area contributed by atoms with E-state index in [0.29, 0.717) is 23.7 Å². The zero-order valence-corrected chi connectivity index (χ0v) is 19.9. The van der Waals surface area contributed by atoms with E-state index in [2.05, 4.69) is 5.32 Å². The topological polar surface area (TPSA) is 88.2 Å². The minimum Gasteiger partial charge on any atom is -0.486 e. The van der Waals surface area contributed by atoms with Gasteiger partial charge in [0.1, 0.15) is 13.2 Å². The van der Waals surface area contributed by atoms with Gasteiger partial charge in [-0.1, -0.05) is 72.8 Å². The molecule has 8 heteroatoms. The van der Waals surface area contributed by atoms with E-state index in [9.17, 15) is 14.4 Å². The van der Waals surface area contributed by atoms with Crippen molar-refractivity contribution in [1.29, 1.82) is 0 Å². The molecule has 3 aromatic rings. The van der Waals surface area contributed by atoms with E-state index < -0.39 is 17.5 Å². The van der Waals surface area contributed by atoms with Crippen molar-refractivity contribution in [2.24, 2.45) is 0 Å². The van der Waals surface area contributed by atoms with Crippen LogP contribution in [0.3, 0.4) is 0 Å². The Bertz CT molecular complexity index is 1270. The first kappa shape index (κ1) is 23.4. The van der Waals surface area contributed by atoms with Crippen molar-refractivity contribution >= 4 is 17.8 Å². The fourth-order valence-electron chi connectivity index (χ4n) is 4.63. The number of carbonyl (C=O) groups is 3. The first-order valence-electron chi connectivity index (χ1n) is 11.8. The third-order valence-electron chi connectivity index (χ3n) is 6.52. The van der Waals surface area contributed by atoms with E-state index in [1.165, 1.54) is 4.90 Å². The molecule has 0 saturated carbocycles. The van der Waals surface area contributed by atoms with Gasteiger partial charge in [-0.05, 0) is 23.3 Å². The number of benzene rings is 3. The van der Waals surface area contributed by atoms with E-state index >= 15 is 0 Å². The van der Waals surface area contributed by atoms with E-state index in [-0.39, 0.29) is 31.5 Å². The molecule has 3 aromatic carbocycles. The number of likely N-dealkylation sites (N-methyl/N-ethyl adjacent to an activating group) is 1. The van der Waals surface area contributed by atoms with Crippen molar-refractivity contribution < 1.29 is 23.9 Å². The molecule has 0 bridgehead atoms. The molecule has 4 amide bonds. The number of fused-ring (bicyclic) bond motifs is 1. The Kier molecular flexibility index (Phi) is 6.33. The lowest BCUT2D eigenvalue weighted by Crippen LogP contribution is -2.48. The summed E-state index contributed by atoms with van der Waals surface area (Å²) < 4.78 is 11.7. The van der Waals surface area contributed by atoms with Crippen LogP contribution in [0.5, 0.6) is 11.5 Å². The molecule has 2 aliphatic heterocycles. The number of urea groups is 1. The first-order valence-corrected chi connectivity index (χ1v) is 11.8. The van der Waals surface area contributed by atoms with Gasteiger partial charge in [0.15, 0.2) is 23.1 Å². The summed E-state index contributed by atoms with van der Waals surface area (Å²) in [6.45, 7) is 0.186. The van der Waals surface area contributed by atoms with Gasteiger partial charge in [-0.3, -0.25) is 14.5 Å². The molecule has 0 unspecified atom stereocenters. The Morgan fingerprint density at radius 3 is 2.33 bits per heavy atom. The van der Waals surface area contributed by atoms with E-state index in [4.69, 9.17) is 9.47 Å². The Balaban J connectivity index is 1.31.